The van der Waals surface area contributed by atoms with Crippen LogP contribution in [0.5, 0.6) is 0 Å². The van der Waals surface area contributed by atoms with Gasteiger partial charge in [0.25, 0.3) is 6.47 Å². The number of piperidine rings is 1. The van der Waals surface area contributed by atoms with Crippen molar-refractivity contribution < 1.29 is 29.3 Å². The third-order valence-corrected chi connectivity index (χ3v) is 1.62. The van der Waals surface area contributed by atoms with E-state index in [1.165, 1.54) is 32.4 Å². The van der Waals surface area contributed by atoms with Gasteiger partial charge in [0.15, 0.2) is 0 Å². The van der Waals surface area contributed by atoms with Crippen LogP contribution in [-0.4, -0.2) is 48.3 Å². The standard InChI is InChI=1S/C5H11N.C3H6O2.C2H2O4/c1-2-4-6-5-3-1;1-2-5-3-4;3-1(4)2(5)6/h6H,1-5H2;3H,2H2,1H3;(H,3,4)(H,5,6). The minimum Gasteiger partial charge on any atom is -0.473 e. The lowest BCUT2D eigenvalue weighted by atomic mass is 10.2. The quantitative estimate of drug-likeness (QED) is 0.469. The maximum absolute atomic E-state index is 9.18. The van der Waals surface area contributed by atoms with E-state index in [0.29, 0.717) is 13.1 Å². The number of aliphatic carboxylic acids is 2. The van der Waals surface area contributed by atoms with Crippen molar-refractivity contribution >= 4 is 18.4 Å². The van der Waals surface area contributed by atoms with Gasteiger partial charge in [-0.15, -0.1) is 0 Å². The SMILES string of the molecule is C1CCNCC1.CCOC=O.O=C(O)C(=O)O. The monoisotopic (exact) mass is 249 g/mol. The third kappa shape index (κ3) is 20.4. The lowest BCUT2D eigenvalue weighted by Crippen LogP contribution is -2.21. The lowest BCUT2D eigenvalue weighted by Gasteiger charge is -2.08. The van der Waals surface area contributed by atoms with Gasteiger partial charge in [-0.3, -0.25) is 4.79 Å². The van der Waals surface area contributed by atoms with Gasteiger partial charge >= 0.3 is 11.9 Å². The average molecular weight is 249 g/mol. The van der Waals surface area contributed by atoms with Crippen LogP contribution in [0.3, 0.4) is 0 Å². The average Bonchev–Trinajstić information content (AvgIpc) is 2.34. The molecule has 7 nitrogen and oxygen atoms in total. The number of carboxylic acid groups (broad SMARTS) is 2. The summed E-state index contributed by atoms with van der Waals surface area (Å²) in [7, 11) is 0. The van der Waals surface area contributed by atoms with Crippen molar-refractivity contribution in [2.24, 2.45) is 0 Å². The molecule has 1 aliphatic rings. The van der Waals surface area contributed by atoms with Gasteiger partial charge in [0.1, 0.15) is 0 Å². The summed E-state index contributed by atoms with van der Waals surface area (Å²) in [4.78, 5) is 27.4. The molecule has 100 valence electrons. The van der Waals surface area contributed by atoms with Crippen LogP contribution in [0.2, 0.25) is 0 Å². The van der Waals surface area contributed by atoms with E-state index in [9.17, 15) is 4.79 Å². The van der Waals surface area contributed by atoms with Crippen molar-refractivity contribution in [1.29, 1.82) is 0 Å². The predicted octanol–water partition coefficient (Wildman–Crippen LogP) is 0.0948. The number of nitrogens with one attached hydrogen (secondary N) is 1. The van der Waals surface area contributed by atoms with Crippen molar-refractivity contribution in [3.05, 3.63) is 0 Å². The molecule has 1 rings (SSSR count). The minimum atomic E-state index is -1.82. The van der Waals surface area contributed by atoms with E-state index in [1.807, 2.05) is 0 Å². The highest BCUT2D eigenvalue weighted by molar-refractivity contribution is 6.27. The molecule has 0 aromatic carbocycles. The van der Waals surface area contributed by atoms with Crippen LogP contribution in [0.1, 0.15) is 26.2 Å². The molecule has 0 saturated carbocycles. The highest BCUT2D eigenvalue weighted by Gasteiger charge is 2.04. The fourth-order valence-corrected chi connectivity index (χ4v) is 0.870. The summed E-state index contributed by atoms with van der Waals surface area (Å²) in [5, 5.41) is 18.1. The van der Waals surface area contributed by atoms with E-state index in [0.717, 1.165) is 0 Å². The Labute approximate surface area is 99.8 Å². The van der Waals surface area contributed by atoms with Crippen LogP contribution in [0.4, 0.5) is 0 Å². The summed E-state index contributed by atoms with van der Waals surface area (Å²) in [6, 6.07) is 0. The zero-order chi connectivity index (χ0) is 13.5. The van der Waals surface area contributed by atoms with Crippen LogP contribution in [0.15, 0.2) is 0 Å². The van der Waals surface area contributed by atoms with Crippen molar-refractivity contribution in [3.8, 4) is 0 Å². The molecule has 0 atom stereocenters. The Balaban J connectivity index is 0. The van der Waals surface area contributed by atoms with Crippen molar-refractivity contribution in [3.63, 3.8) is 0 Å². The van der Waals surface area contributed by atoms with Gasteiger partial charge in [-0.25, -0.2) is 9.59 Å². The number of carbonyl (C=O) groups excluding carboxylic acids is 1. The molecule has 17 heavy (non-hydrogen) atoms. The zero-order valence-electron chi connectivity index (χ0n) is 9.85. The zero-order valence-corrected chi connectivity index (χ0v) is 9.85. The summed E-state index contributed by atoms with van der Waals surface area (Å²) in [6.07, 6.45) is 4.22. The Morgan fingerprint density at radius 1 is 1.18 bits per heavy atom. The molecule has 0 aliphatic carbocycles. The van der Waals surface area contributed by atoms with E-state index >= 15 is 0 Å². The van der Waals surface area contributed by atoms with Crippen molar-refractivity contribution in [2.45, 2.75) is 26.2 Å². The molecule has 1 aliphatic heterocycles. The van der Waals surface area contributed by atoms with E-state index in [-0.39, 0.29) is 0 Å². The van der Waals surface area contributed by atoms with E-state index in [4.69, 9.17) is 19.8 Å². The summed E-state index contributed by atoms with van der Waals surface area (Å²) >= 11 is 0. The van der Waals surface area contributed by atoms with Crippen molar-refractivity contribution in [2.75, 3.05) is 19.7 Å². The Morgan fingerprint density at radius 3 is 1.71 bits per heavy atom. The first-order valence-electron chi connectivity index (χ1n) is 5.28. The molecule has 0 aromatic heterocycles. The molecule has 0 spiro atoms. The maximum Gasteiger partial charge on any atom is 0.414 e. The molecule has 7 heteroatoms. The van der Waals surface area contributed by atoms with Crippen molar-refractivity contribution in [1.82, 2.24) is 5.32 Å². The van der Waals surface area contributed by atoms with E-state index < -0.39 is 11.9 Å². The van der Waals surface area contributed by atoms with Gasteiger partial charge in [0.05, 0.1) is 6.61 Å². The number of rotatable bonds is 2. The first kappa shape index (κ1) is 17.8. The molecule has 1 saturated heterocycles. The van der Waals surface area contributed by atoms with Gasteiger partial charge in [-0.2, -0.15) is 0 Å². The summed E-state index contributed by atoms with van der Waals surface area (Å²) in [6.45, 7) is 5.16. The van der Waals surface area contributed by atoms with E-state index in [1.54, 1.807) is 6.92 Å². The normalized spacial score (nSPS) is 13.0. The molecule has 0 radical (unpaired) electrons. The highest BCUT2D eigenvalue weighted by Crippen LogP contribution is 1.96. The molecular formula is C10H19NO6. The summed E-state index contributed by atoms with van der Waals surface area (Å²) < 4.78 is 4.15. The Hall–Kier alpha value is -1.63. The Morgan fingerprint density at radius 2 is 1.65 bits per heavy atom. The van der Waals surface area contributed by atoms with Gasteiger partial charge in [-0.05, 0) is 32.9 Å². The first-order valence-corrected chi connectivity index (χ1v) is 5.28. The lowest BCUT2D eigenvalue weighted by molar-refractivity contribution is -0.159. The number of carbonyl (C=O) groups is 3. The minimum absolute atomic E-state index is 0.431. The molecular weight excluding hydrogens is 230 g/mol. The molecule has 3 N–H and O–H groups in total. The van der Waals surface area contributed by atoms with Gasteiger partial charge in [0.2, 0.25) is 0 Å². The fraction of sp³-hybridized carbons (Fsp3) is 0.700. The molecule has 1 heterocycles. The van der Waals surface area contributed by atoms with Crippen LogP contribution in [0.25, 0.3) is 0 Å². The number of hydrogen-bond donors (Lipinski definition) is 3. The van der Waals surface area contributed by atoms with Gasteiger partial charge in [0, 0.05) is 0 Å². The highest BCUT2D eigenvalue weighted by atomic mass is 16.5. The number of ether oxygens (including phenoxy) is 1. The number of carboxylic acids is 2. The smallest absolute Gasteiger partial charge is 0.414 e. The topological polar surface area (TPSA) is 113 Å². The largest absolute Gasteiger partial charge is 0.473 e. The maximum atomic E-state index is 9.18. The van der Waals surface area contributed by atoms with Crippen LogP contribution < -0.4 is 5.32 Å². The fourth-order valence-electron chi connectivity index (χ4n) is 0.870. The predicted molar refractivity (Wildman–Crippen MR) is 59.7 cm³/mol. The van der Waals surface area contributed by atoms with Crippen LogP contribution >= 0.6 is 0 Å². The van der Waals surface area contributed by atoms with Gasteiger partial charge < -0.3 is 20.3 Å². The van der Waals surface area contributed by atoms with Gasteiger partial charge in [-0.1, -0.05) is 6.42 Å². The first-order chi connectivity index (χ1) is 8.06. The third-order valence-electron chi connectivity index (χ3n) is 1.62. The van der Waals surface area contributed by atoms with Crippen LogP contribution in [-0.2, 0) is 19.1 Å². The Kier molecular flexibility index (Phi) is 15.0. The molecule has 0 bridgehead atoms. The second-order valence-corrected chi connectivity index (χ2v) is 2.97. The second kappa shape index (κ2) is 14.4. The Bertz CT molecular complexity index is 191. The van der Waals surface area contributed by atoms with Crippen LogP contribution in [0, 0.1) is 0 Å². The molecule has 0 unspecified atom stereocenters. The summed E-state index contributed by atoms with van der Waals surface area (Å²) in [5.74, 6) is -3.65. The molecule has 0 aromatic rings. The van der Waals surface area contributed by atoms with E-state index in [2.05, 4.69) is 10.1 Å². The number of hydrogen-bond acceptors (Lipinski definition) is 5. The summed E-state index contributed by atoms with van der Waals surface area (Å²) in [5.41, 5.74) is 0. The molecule has 1 fully saturated rings. The second-order valence-electron chi connectivity index (χ2n) is 2.97. The molecule has 0 amide bonds.